The maximum absolute atomic E-state index is 11.1. The van der Waals surface area contributed by atoms with Crippen molar-refractivity contribution in [1.82, 2.24) is 5.01 Å². The fraction of sp³-hybridized carbons (Fsp3) is 0.364. The van der Waals surface area contributed by atoms with E-state index in [2.05, 4.69) is 26.4 Å². The number of nitrogens with zero attached hydrogens (tertiary/aromatic N) is 4. The first-order chi connectivity index (χ1) is 8.72. The first kappa shape index (κ1) is 12.8. The summed E-state index contributed by atoms with van der Waals surface area (Å²) in [5, 5.41) is 11.6. The molecule has 6 nitrogen and oxygen atoms in total. The van der Waals surface area contributed by atoms with Gasteiger partial charge in [0.25, 0.3) is 0 Å². The first-order valence-corrected chi connectivity index (χ1v) is 6.45. The number of alkyl halides is 1. The largest absolute Gasteiger partial charge is 0.496 e. The van der Waals surface area contributed by atoms with E-state index in [0.29, 0.717) is 5.33 Å². The molecule has 0 fully saturated rings. The SMILES string of the molecule is COc1cccc(N2N=NN(C)C2C=O)c1CBr. The molecule has 1 aliphatic rings. The van der Waals surface area contributed by atoms with E-state index < -0.39 is 6.17 Å². The van der Waals surface area contributed by atoms with Crippen LogP contribution in [0.2, 0.25) is 0 Å². The summed E-state index contributed by atoms with van der Waals surface area (Å²) in [7, 11) is 3.32. The van der Waals surface area contributed by atoms with Gasteiger partial charge in [0.15, 0.2) is 12.5 Å². The van der Waals surface area contributed by atoms with E-state index >= 15 is 0 Å². The predicted molar refractivity (Wildman–Crippen MR) is 70.6 cm³/mol. The normalized spacial score (nSPS) is 18.3. The van der Waals surface area contributed by atoms with Crippen LogP contribution in [0, 0.1) is 0 Å². The highest BCUT2D eigenvalue weighted by Gasteiger charge is 2.29. The molecule has 1 unspecified atom stereocenters. The van der Waals surface area contributed by atoms with Crippen molar-refractivity contribution in [3.8, 4) is 5.75 Å². The van der Waals surface area contributed by atoms with Crippen LogP contribution >= 0.6 is 15.9 Å². The zero-order valence-electron chi connectivity index (χ0n) is 10.1. The maximum atomic E-state index is 11.1. The van der Waals surface area contributed by atoms with Gasteiger partial charge in [-0.1, -0.05) is 27.2 Å². The Morgan fingerprint density at radius 3 is 2.89 bits per heavy atom. The fourth-order valence-electron chi connectivity index (χ4n) is 1.80. The highest BCUT2D eigenvalue weighted by Crippen LogP contribution is 2.34. The molecule has 7 heteroatoms. The summed E-state index contributed by atoms with van der Waals surface area (Å²) in [6, 6.07) is 5.61. The van der Waals surface area contributed by atoms with Crippen molar-refractivity contribution in [1.29, 1.82) is 0 Å². The van der Waals surface area contributed by atoms with Crippen LogP contribution in [0.4, 0.5) is 5.69 Å². The second kappa shape index (κ2) is 5.34. The van der Waals surface area contributed by atoms with Crippen molar-refractivity contribution in [3.63, 3.8) is 0 Å². The molecular weight excluding hydrogens is 300 g/mol. The van der Waals surface area contributed by atoms with E-state index in [1.54, 1.807) is 19.2 Å². The number of likely N-dealkylation sites (N-methyl/N-ethyl adjacent to an activating group) is 1. The minimum absolute atomic E-state index is 0.519. The number of hydrogen-bond donors (Lipinski definition) is 0. The molecule has 0 amide bonds. The molecule has 1 heterocycles. The van der Waals surface area contributed by atoms with E-state index in [1.807, 2.05) is 18.2 Å². The average Bonchev–Trinajstić information content (AvgIpc) is 2.78. The van der Waals surface area contributed by atoms with Gasteiger partial charge in [-0.25, -0.2) is 10.0 Å². The molecule has 0 radical (unpaired) electrons. The van der Waals surface area contributed by atoms with Crippen LogP contribution in [0.3, 0.4) is 0 Å². The van der Waals surface area contributed by atoms with Crippen molar-refractivity contribution >= 4 is 27.9 Å². The summed E-state index contributed by atoms with van der Waals surface area (Å²) in [5.74, 6) is 0.749. The Bertz CT molecular complexity index is 480. The number of carbonyl (C=O) groups excluding carboxylic acids is 1. The van der Waals surface area contributed by atoms with Gasteiger partial charge in [0.05, 0.1) is 12.8 Å². The molecule has 0 aliphatic carbocycles. The van der Waals surface area contributed by atoms with Crippen LogP contribution in [-0.4, -0.2) is 31.6 Å². The molecule has 0 aromatic heterocycles. The molecule has 96 valence electrons. The van der Waals surface area contributed by atoms with E-state index in [0.717, 1.165) is 23.3 Å². The highest BCUT2D eigenvalue weighted by molar-refractivity contribution is 9.08. The lowest BCUT2D eigenvalue weighted by Crippen LogP contribution is -2.38. The summed E-state index contributed by atoms with van der Waals surface area (Å²) in [4.78, 5) is 11.1. The average molecular weight is 313 g/mol. The summed E-state index contributed by atoms with van der Waals surface area (Å²) in [6.45, 7) is 0. The third kappa shape index (κ3) is 2.05. The Hall–Kier alpha value is -1.63. The second-order valence-electron chi connectivity index (χ2n) is 3.74. The van der Waals surface area contributed by atoms with Crippen molar-refractivity contribution in [2.45, 2.75) is 11.5 Å². The van der Waals surface area contributed by atoms with Crippen LogP contribution in [0.1, 0.15) is 5.56 Å². The summed E-state index contributed by atoms with van der Waals surface area (Å²) in [6.07, 6.45) is 0.284. The van der Waals surface area contributed by atoms with E-state index in [4.69, 9.17) is 4.74 Å². The smallest absolute Gasteiger partial charge is 0.197 e. The molecule has 1 aromatic carbocycles. The lowest BCUT2D eigenvalue weighted by Gasteiger charge is -2.23. The third-order valence-corrected chi connectivity index (χ3v) is 3.30. The van der Waals surface area contributed by atoms with Crippen molar-refractivity contribution in [3.05, 3.63) is 23.8 Å². The van der Waals surface area contributed by atoms with Gasteiger partial charge in [-0.15, -0.1) is 0 Å². The summed E-state index contributed by atoms with van der Waals surface area (Å²) >= 11 is 3.42. The highest BCUT2D eigenvalue weighted by atomic mass is 79.9. The quantitative estimate of drug-likeness (QED) is 0.631. The molecular formula is C11H13BrN4O2. The Morgan fingerprint density at radius 1 is 1.50 bits per heavy atom. The topological polar surface area (TPSA) is 57.5 Å². The number of anilines is 1. The standard InChI is InChI=1S/C11H13BrN4O2/c1-15-11(7-17)16(14-13-15)9-4-3-5-10(18-2)8(9)6-12/h3-5,7,11H,6H2,1-2H3. The van der Waals surface area contributed by atoms with Gasteiger partial charge in [0.2, 0.25) is 0 Å². The summed E-state index contributed by atoms with van der Waals surface area (Å²) in [5.41, 5.74) is 1.73. The van der Waals surface area contributed by atoms with Crippen molar-refractivity contribution < 1.29 is 9.53 Å². The van der Waals surface area contributed by atoms with E-state index in [9.17, 15) is 4.79 Å². The monoisotopic (exact) mass is 312 g/mol. The van der Waals surface area contributed by atoms with Gasteiger partial charge in [-0.2, -0.15) is 0 Å². The molecule has 0 saturated heterocycles. The number of halogens is 1. The van der Waals surface area contributed by atoms with Gasteiger partial charge in [-0.05, 0) is 17.4 Å². The molecule has 0 N–H and O–H groups in total. The minimum Gasteiger partial charge on any atom is -0.496 e. The first-order valence-electron chi connectivity index (χ1n) is 5.33. The molecule has 1 aromatic rings. The molecule has 18 heavy (non-hydrogen) atoms. The number of rotatable bonds is 4. The zero-order chi connectivity index (χ0) is 13.1. The third-order valence-electron chi connectivity index (χ3n) is 2.74. The fourth-order valence-corrected chi connectivity index (χ4v) is 2.36. The summed E-state index contributed by atoms with van der Waals surface area (Å²) < 4.78 is 5.30. The second-order valence-corrected chi connectivity index (χ2v) is 4.30. The van der Waals surface area contributed by atoms with Crippen LogP contribution in [0.15, 0.2) is 28.6 Å². The lowest BCUT2D eigenvalue weighted by atomic mass is 10.1. The van der Waals surface area contributed by atoms with Crippen molar-refractivity contribution in [2.24, 2.45) is 10.4 Å². The van der Waals surface area contributed by atoms with Gasteiger partial charge >= 0.3 is 0 Å². The lowest BCUT2D eigenvalue weighted by molar-refractivity contribution is -0.111. The maximum Gasteiger partial charge on any atom is 0.197 e. The number of benzene rings is 1. The minimum atomic E-state index is -0.519. The predicted octanol–water partition coefficient (Wildman–Crippen LogP) is 2.15. The Balaban J connectivity index is 2.45. The number of hydrogen-bond acceptors (Lipinski definition) is 6. The molecule has 1 aliphatic heterocycles. The van der Waals surface area contributed by atoms with Crippen molar-refractivity contribution in [2.75, 3.05) is 19.2 Å². The Kier molecular flexibility index (Phi) is 3.81. The van der Waals surface area contributed by atoms with Crippen LogP contribution < -0.4 is 9.75 Å². The molecule has 0 saturated carbocycles. The number of methoxy groups -OCH3 is 1. The number of carbonyl (C=O) groups is 1. The zero-order valence-corrected chi connectivity index (χ0v) is 11.7. The van der Waals surface area contributed by atoms with Crippen LogP contribution in [-0.2, 0) is 10.1 Å². The molecule has 2 rings (SSSR count). The number of aldehydes is 1. The molecule has 0 bridgehead atoms. The van der Waals surface area contributed by atoms with E-state index in [-0.39, 0.29) is 0 Å². The van der Waals surface area contributed by atoms with Gasteiger partial charge < -0.3 is 4.74 Å². The van der Waals surface area contributed by atoms with Crippen LogP contribution in [0.5, 0.6) is 5.75 Å². The Labute approximate surface area is 113 Å². The van der Waals surface area contributed by atoms with Crippen LogP contribution in [0.25, 0.3) is 0 Å². The van der Waals surface area contributed by atoms with Gasteiger partial charge in [0.1, 0.15) is 5.75 Å². The molecule has 1 atom stereocenters. The van der Waals surface area contributed by atoms with Gasteiger partial charge in [0, 0.05) is 17.9 Å². The number of ether oxygens (including phenoxy) is 1. The molecule has 0 spiro atoms. The van der Waals surface area contributed by atoms with Gasteiger partial charge in [-0.3, -0.25) is 4.79 Å². The van der Waals surface area contributed by atoms with E-state index in [1.165, 1.54) is 5.01 Å². The Morgan fingerprint density at radius 2 is 2.28 bits per heavy atom.